The molecule has 3 aromatic rings. The van der Waals surface area contributed by atoms with Crippen LogP contribution < -0.4 is 15.0 Å². The zero-order chi connectivity index (χ0) is 22.9. The number of benzene rings is 1. The molecular formula is C23H29N7O2. The first-order valence-corrected chi connectivity index (χ1v) is 10.6. The minimum absolute atomic E-state index is 0.0764. The zero-order valence-electron chi connectivity index (χ0n) is 19.1. The van der Waals surface area contributed by atoms with Gasteiger partial charge in [-0.2, -0.15) is 0 Å². The van der Waals surface area contributed by atoms with Gasteiger partial charge >= 0.3 is 0 Å². The van der Waals surface area contributed by atoms with Crippen molar-refractivity contribution < 1.29 is 9.84 Å². The summed E-state index contributed by atoms with van der Waals surface area (Å²) in [5.41, 5.74) is 2.59. The molecule has 1 aromatic carbocycles. The second kappa shape index (κ2) is 8.66. The van der Waals surface area contributed by atoms with E-state index in [0.717, 1.165) is 18.7 Å². The second-order valence-corrected chi connectivity index (χ2v) is 9.21. The van der Waals surface area contributed by atoms with Crippen LogP contribution in [0.1, 0.15) is 27.7 Å². The molecule has 1 saturated heterocycles. The van der Waals surface area contributed by atoms with Gasteiger partial charge in [0.15, 0.2) is 0 Å². The summed E-state index contributed by atoms with van der Waals surface area (Å²) in [5, 5.41) is 23.0. The third-order valence-electron chi connectivity index (χ3n) is 5.68. The van der Waals surface area contributed by atoms with E-state index in [1.165, 1.54) is 6.33 Å². The van der Waals surface area contributed by atoms with Crippen LogP contribution in [0.25, 0.3) is 22.5 Å². The largest absolute Gasteiger partial charge is 0.507 e. The maximum absolute atomic E-state index is 10.6. The van der Waals surface area contributed by atoms with E-state index < -0.39 is 0 Å². The number of rotatable bonds is 4. The highest BCUT2D eigenvalue weighted by atomic mass is 16.5. The lowest BCUT2D eigenvalue weighted by atomic mass is 9.84. The Labute approximate surface area is 187 Å². The summed E-state index contributed by atoms with van der Waals surface area (Å²) in [6.45, 7) is 10.5. The van der Waals surface area contributed by atoms with Crippen LogP contribution in [0.2, 0.25) is 0 Å². The highest BCUT2D eigenvalue weighted by Crippen LogP contribution is 2.32. The summed E-state index contributed by atoms with van der Waals surface area (Å²) in [7, 11) is 1.55. The fourth-order valence-corrected chi connectivity index (χ4v) is 3.82. The van der Waals surface area contributed by atoms with Crippen LogP contribution in [0.15, 0.2) is 36.8 Å². The zero-order valence-corrected chi connectivity index (χ0v) is 19.1. The molecule has 0 aliphatic carbocycles. The van der Waals surface area contributed by atoms with Crippen LogP contribution in [-0.2, 0) is 0 Å². The van der Waals surface area contributed by atoms with E-state index in [4.69, 9.17) is 4.74 Å². The Morgan fingerprint density at radius 3 is 2.53 bits per heavy atom. The lowest BCUT2D eigenvalue weighted by molar-refractivity contribution is 0.227. The molecule has 0 spiro atoms. The molecule has 4 rings (SSSR count). The van der Waals surface area contributed by atoms with E-state index in [9.17, 15) is 5.11 Å². The monoisotopic (exact) mass is 435 g/mol. The van der Waals surface area contributed by atoms with Crippen LogP contribution in [0, 0.1) is 5.41 Å². The first-order chi connectivity index (χ1) is 15.2. The number of nitrogens with one attached hydrogen (secondary N) is 1. The first-order valence-electron chi connectivity index (χ1n) is 10.6. The molecule has 1 aliphatic heterocycles. The third-order valence-corrected chi connectivity index (χ3v) is 5.68. The molecule has 1 aliphatic rings. The molecule has 32 heavy (non-hydrogen) atoms. The summed E-state index contributed by atoms with van der Waals surface area (Å²) in [4.78, 5) is 15.0. The van der Waals surface area contributed by atoms with Gasteiger partial charge in [0, 0.05) is 42.4 Å². The van der Waals surface area contributed by atoms with Crippen molar-refractivity contribution in [2.75, 3.05) is 25.1 Å². The average Bonchev–Trinajstić information content (AvgIpc) is 2.78. The van der Waals surface area contributed by atoms with Gasteiger partial charge < -0.3 is 20.1 Å². The summed E-state index contributed by atoms with van der Waals surface area (Å²) >= 11 is 0. The number of methoxy groups -OCH3 is 1. The van der Waals surface area contributed by atoms with Gasteiger partial charge in [0.05, 0.1) is 19.0 Å². The number of phenolic OH excluding ortho intramolecular Hbond substituents is 1. The molecule has 9 heteroatoms. The Hall–Kier alpha value is -3.33. The maximum Gasteiger partial charge on any atom is 0.245 e. The average molecular weight is 436 g/mol. The van der Waals surface area contributed by atoms with Gasteiger partial charge in [-0.3, -0.25) is 0 Å². The number of ether oxygens (including phenoxy) is 1. The number of aromatic hydroxyl groups is 1. The van der Waals surface area contributed by atoms with E-state index in [-0.39, 0.29) is 11.2 Å². The number of hydrogen-bond acceptors (Lipinski definition) is 9. The van der Waals surface area contributed by atoms with E-state index in [1.807, 2.05) is 6.07 Å². The van der Waals surface area contributed by atoms with Gasteiger partial charge in [0.2, 0.25) is 11.8 Å². The lowest BCUT2D eigenvalue weighted by Crippen LogP contribution is -2.60. The maximum atomic E-state index is 10.6. The summed E-state index contributed by atoms with van der Waals surface area (Å²) in [6, 6.07) is 7.65. The molecule has 2 N–H and O–H groups in total. The van der Waals surface area contributed by atoms with Crippen molar-refractivity contribution in [2.24, 2.45) is 5.41 Å². The molecule has 0 unspecified atom stereocenters. The molecule has 1 fully saturated rings. The van der Waals surface area contributed by atoms with Crippen molar-refractivity contribution in [3.05, 3.63) is 36.8 Å². The molecule has 2 aromatic heterocycles. The molecule has 9 nitrogen and oxygen atoms in total. The van der Waals surface area contributed by atoms with Crippen LogP contribution >= 0.6 is 0 Å². The van der Waals surface area contributed by atoms with Crippen molar-refractivity contribution in [2.45, 2.75) is 39.8 Å². The molecule has 168 valence electrons. The highest BCUT2D eigenvalue weighted by Gasteiger charge is 2.33. The van der Waals surface area contributed by atoms with Gasteiger partial charge in [-0.1, -0.05) is 26.8 Å². The number of nitrogens with zero attached hydrogens (tertiary/aromatic N) is 6. The quantitative estimate of drug-likeness (QED) is 0.639. The van der Waals surface area contributed by atoms with E-state index in [0.29, 0.717) is 40.9 Å². The van der Waals surface area contributed by atoms with Crippen molar-refractivity contribution in [3.8, 4) is 34.1 Å². The van der Waals surface area contributed by atoms with E-state index in [1.54, 1.807) is 31.5 Å². The van der Waals surface area contributed by atoms with Gasteiger partial charge in [-0.05, 0) is 24.5 Å². The minimum Gasteiger partial charge on any atom is -0.507 e. The number of hydrogen-bond donors (Lipinski definition) is 2. The van der Waals surface area contributed by atoms with Crippen molar-refractivity contribution in [1.82, 2.24) is 30.5 Å². The van der Waals surface area contributed by atoms with Gasteiger partial charge in [-0.25, -0.2) is 15.0 Å². The lowest BCUT2D eigenvalue weighted by Gasteiger charge is -2.43. The highest BCUT2D eigenvalue weighted by molar-refractivity contribution is 5.72. The topological polar surface area (TPSA) is 109 Å². The third kappa shape index (κ3) is 4.62. The van der Waals surface area contributed by atoms with Crippen molar-refractivity contribution in [1.29, 1.82) is 0 Å². The molecule has 2 atom stereocenters. The normalized spacial score (nSPS) is 19.1. The molecular weight excluding hydrogens is 406 g/mol. The Bertz CT molecular complexity index is 1080. The summed E-state index contributed by atoms with van der Waals surface area (Å²) < 4.78 is 5.14. The Kier molecular flexibility index (Phi) is 5.92. The molecule has 0 saturated carbocycles. The molecule has 3 heterocycles. The van der Waals surface area contributed by atoms with Crippen molar-refractivity contribution >= 4 is 5.95 Å². The van der Waals surface area contributed by atoms with Crippen LogP contribution in [0.5, 0.6) is 11.6 Å². The number of phenols is 1. The summed E-state index contributed by atoms with van der Waals surface area (Å²) in [6.07, 6.45) is 3.08. The van der Waals surface area contributed by atoms with Gasteiger partial charge in [0.25, 0.3) is 0 Å². The predicted molar refractivity (Wildman–Crippen MR) is 123 cm³/mol. The standard InChI is InChI=1S/C23H29N7O2/c1-14-11-30(12-20(27-14)23(2,3)4)22-24-10-18(28-29-22)16-7-6-15(8-19(16)31)17-9-21(32-5)26-13-25-17/h6-10,13-14,20,27,31H,11-12H2,1-5H3/t14-,20-/m1/s1. The Morgan fingerprint density at radius 1 is 1.06 bits per heavy atom. The fraction of sp³-hybridized carbons (Fsp3) is 0.435. The minimum atomic E-state index is 0.0764. The molecule has 0 amide bonds. The van der Waals surface area contributed by atoms with Crippen LogP contribution in [0.4, 0.5) is 5.95 Å². The SMILES string of the molecule is COc1cc(-c2ccc(-c3cnc(N4C[C@@H](C)N[C@@H](C(C)(C)C)C4)nn3)c(O)c2)ncn1. The van der Waals surface area contributed by atoms with E-state index in [2.05, 4.69) is 63.1 Å². The molecule has 0 radical (unpaired) electrons. The Morgan fingerprint density at radius 2 is 1.88 bits per heavy atom. The number of anilines is 1. The van der Waals surface area contributed by atoms with Crippen LogP contribution in [0.3, 0.4) is 0 Å². The smallest absolute Gasteiger partial charge is 0.245 e. The van der Waals surface area contributed by atoms with Gasteiger partial charge in [-0.15, -0.1) is 10.2 Å². The van der Waals surface area contributed by atoms with E-state index >= 15 is 0 Å². The fourth-order valence-electron chi connectivity index (χ4n) is 3.82. The van der Waals surface area contributed by atoms with Crippen molar-refractivity contribution in [3.63, 3.8) is 0 Å². The predicted octanol–water partition coefficient (Wildman–Crippen LogP) is 2.92. The Balaban J connectivity index is 1.55. The van der Waals surface area contributed by atoms with Gasteiger partial charge in [0.1, 0.15) is 17.8 Å². The number of piperazine rings is 1. The molecule has 0 bridgehead atoms. The van der Waals surface area contributed by atoms with Crippen LogP contribution in [-0.4, -0.2) is 62.5 Å². The second-order valence-electron chi connectivity index (χ2n) is 9.21. The number of aromatic nitrogens is 5. The first kappa shape index (κ1) is 21.9. The summed E-state index contributed by atoms with van der Waals surface area (Å²) in [5.74, 6) is 1.13.